The Kier molecular flexibility index (Phi) is 3.93. The van der Waals surface area contributed by atoms with E-state index in [4.69, 9.17) is 0 Å². The predicted octanol–water partition coefficient (Wildman–Crippen LogP) is 4.40. The molecule has 0 bridgehead atoms. The predicted molar refractivity (Wildman–Crippen MR) is 81.4 cm³/mol. The van der Waals surface area contributed by atoms with Gasteiger partial charge >= 0.3 is 0 Å². The van der Waals surface area contributed by atoms with Crippen LogP contribution in [-0.4, -0.2) is 6.04 Å². The molecule has 2 aliphatic rings. The van der Waals surface area contributed by atoms with E-state index >= 15 is 0 Å². The highest BCUT2D eigenvalue weighted by molar-refractivity contribution is 5.35. The molecule has 0 aliphatic heterocycles. The molecule has 2 atom stereocenters. The minimum atomic E-state index is 0.487. The third-order valence-corrected chi connectivity index (χ3v) is 4.79. The van der Waals surface area contributed by atoms with E-state index in [0.29, 0.717) is 12.1 Å². The molecule has 0 heterocycles. The van der Waals surface area contributed by atoms with Crippen LogP contribution in [-0.2, 0) is 12.8 Å². The summed E-state index contributed by atoms with van der Waals surface area (Å²) < 4.78 is 0. The first-order chi connectivity index (χ1) is 9.22. The van der Waals surface area contributed by atoms with E-state index < -0.39 is 0 Å². The Morgan fingerprint density at radius 2 is 1.84 bits per heavy atom. The summed E-state index contributed by atoms with van der Waals surface area (Å²) in [6.45, 7) is 4.65. The van der Waals surface area contributed by atoms with Crippen LogP contribution in [0.1, 0.15) is 68.7 Å². The zero-order chi connectivity index (χ0) is 13.2. The van der Waals surface area contributed by atoms with Crippen LogP contribution in [0.2, 0.25) is 0 Å². The van der Waals surface area contributed by atoms with Crippen molar-refractivity contribution >= 4 is 0 Å². The molecular formula is C18H27N. The zero-order valence-electron chi connectivity index (χ0n) is 12.4. The molecule has 3 rings (SSSR count). The number of fused-ring (bicyclic) bond motifs is 1. The maximum atomic E-state index is 3.77. The number of benzene rings is 1. The van der Waals surface area contributed by atoms with Gasteiger partial charge in [-0.05, 0) is 68.6 Å². The monoisotopic (exact) mass is 257 g/mol. The van der Waals surface area contributed by atoms with E-state index in [1.54, 1.807) is 11.1 Å². The number of hydrogen-bond acceptors (Lipinski definition) is 1. The van der Waals surface area contributed by atoms with Crippen LogP contribution in [0.4, 0.5) is 0 Å². The first-order valence-corrected chi connectivity index (χ1v) is 8.10. The van der Waals surface area contributed by atoms with E-state index in [1.165, 1.54) is 50.5 Å². The molecule has 1 saturated carbocycles. The van der Waals surface area contributed by atoms with Crippen molar-refractivity contribution in [3.8, 4) is 0 Å². The number of rotatable bonds is 5. The molecule has 1 aromatic carbocycles. The second-order valence-corrected chi connectivity index (χ2v) is 6.70. The summed E-state index contributed by atoms with van der Waals surface area (Å²) in [5.41, 5.74) is 4.67. The first-order valence-electron chi connectivity index (χ1n) is 8.10. The summed E-state index contributed by atoms with van der Waals surface area (Å²) in [5, 5.41) is 3.77. The molecule has 2 unspecified atom stereocenters. The van der Waals surface area contributed by atoms with Gasteiger partial charge in [0, 0.05) is 12.1 Å². The highest BCUT2D eigenvalue weighted by Crippen LogP contribution is 2.34. The van der Waals surface area contributed by atoms with E-state index in [1.807, 2.05) is 0 Å². The molecule has 0 aromatic heterocycles. The normalized spacial score (nSPS) is 21.8. The Morgan fingerprint density at radius 3 is 2.58 bits per heavy atom. The fourth-order valence-corrected chi connectivity index (χ4v) is 3.47. The maximum absolute atomic E-state index is 3.77. The molecule has 0 saturated heterocycles. The van der Waals surface area contributed by atoms with E-state index in [2.05, 4.69) is 37.4 Å². The third-order valence-electron chi connectivity index (χ3n) is 4.79. The summed E-state index contributed by atoms with van der Waals surface area (Å²) in [4.78, 5) is 0. The summed E-state index contributed by atoms with van der Waals surface area (Å²) in [7, 11) is 0. The maximum Gasteiger partial charge on any atom is 0.0294 e. The van der Waals surface area contributed by atoms with Gasteiger partial charge in [-0.2, -0.15) is 0 Å². The highest BCUT2D eigenvalue weighted by atomic mass is 14.9. The van der Waals surface area contributed by atoms with Crippen LogP contribution in [0.15, 0.2) is 18.2 Å². The Labute approximate surface area is 117 Å². The Bertz CT molecular complexity index is 433. The Hall–Kier alpha value is -0.820. The molecule has 1 heteroatoms. The Balaban J connectivity index is 1.63. The Morgan fingerprint density at radius 1 is 1.11 bits per heavy atom. The van der Waals surface area contributed by atoms with E-state index in [9.17, 15) is 0 Å². The van der Waals surface area contributed by atoms with Gasteiger partial charge < -0.3 is 5.32 Å². The lowest BCUT2D eigenvalue weighted by atomic mass is 9.89. The lowest BCUT2D eigenvalue weighted by Gasteiger charge is -2.23. The van der Waals surface area contributed by atoms with Gasteiger partial charge in [-0.3, -0.25) is 0 Å². The minimum absolute atomic E-state index is 0.487. The van der Waals surface area contributed by atoms with Crippen molar-refractivity contribution in [3.63, 3.8) is 0 Å². The molecule has 2 aliphatic carbocycles. The second kappa shape index (κ2) is 5.66. The molecule has 104 valence electrons. The summed E-state index contributed by atoms with van der Waals surface area (Å²) in [6, 6.07) is 8.30. The molecule has 0 radical (unpaired) electrons. The molecule has 1 nitrogen and oxygen atoms in total. The minimum Gasteiger partial charge on any atom is -0.308 e. The lowest BCUT2D eigenvalue weighted by molar-refractivity contribution is 0.438. The molecular weight excluding hydrogens is 230 g/mol. The SMILES string of the molecule is CC(CC1CC1)NC(C)c1ccc2c(c1)CCCC2. The van der Waals surface area contributed by atoms with Gasteiger partial charge in [-0.25, -0.2) is 0 Å². The van der Waals surface area contributed by atoms with E-state index in [-0.39, 0.29) is 0 Å². The number of hydrogen-bond donors (Lipinski definition) is 1. The van der Waals surface area contributed by atoms with Crippen LogP contribution in [0, 0.1) is 5.92 Å². The van der Waals surface area contributed by atoms with Gasteiger partial charge in [0.2, 0.25) is 0 Å². The van der Waals surface area contributed by atoms with Crippen molar-refractivity contribution in [3.05, 3.63) is 34.9 Å². The number of nitrogens with one attached hydrogen (secondary N) is 1. The van der Waals surface area contributed by atoms with Crippen molar-refractivity contribution in [1.29, 1.82) is 0 Å². The van der Waals surface area contributed by atoms with Crippen molar-refractivity contribution in [2.75, 3.05) is 0 Å². The largest absolute Gasteiger partial charge is 0.308 e. The summed E-state index contributed by atoms with van der Waals surface area (Å²) >= 11 is 0. The smallest absolute Gasteiger partial charge is 0.0294 e. The molecule has 1 fully saturated rings. The van der Waals surface area contributed by atoms with Crippen molar-refractivity contribution < 1.29 is 0 Å². The van der Waals surface area contributed by atoms with Gasteiger partial charge in [0.1, 0.15) is 0 Å². The first kappa shape index (κ1) is 13.2. The summed E-state index contributed by atoms with van der Waals surface area (Å²) in [5.74, 6) is 1.01. The van der Waals surface area contributed by atoms with Crippen molar-refractivity contribution in [2.24, 2.45) is 5.92 Å². The van der Waals surface area contributed by atoms with Gasteiger partial charge in [-0.1, -0.05) is 31.0 Å². The van der Waals surface area contributed by atoms with Crippen molar-refractivity contribution in [2.45, 2.75) is 70.9 Å². The quantitative estimate of drug-likeness (QED) is 0.824. The highest BCUT2D eigenvalue weighted by Gasteiger charge is 2.24. The van der Waals surface area contributed by atoms with Gasteiger partial charge in [0.05, 0.1) is 0 Å². The average Bonchev–Trinajstić information content (AvgIpc) is 3.21. The van der Waals surface area contributed by atoms with Crippen molar-refractivity contribution in [1.82, 2.24) is 5.32 Å². The van der Waals surface area contributed by atoms with Gasteiger partial charge in [0.25, 0.3) is 0 Å². The summed E-state index contributed by atoms with van der Waals surface area (Å²) in [6.07, 6.45) is 9.59. The third kappa shape index (κ3) is 3.39. The average molecular weight is 257 g/mol. The van der Waals surface area contributed by atoms with Crippen LogP contribution >= 0.6 is 0 Å². The standard InChI is InChI=1S/C18H27N/c1-13(11-15-7-8-15)19-14(2)17-10-9-16-5-3-4-6-18(16)12-17/h9-10,12-15,19H,3-8,11H2,1-2H3. The topological polar surface area (TPSA) is 12.0 Å². The molecule has 0 amide bonds. The van der Waals surface area contributed by atoms with E-state index in [0.717, 1.165) is 5.92 Å². The molecule has 1 aromatic rings. The van der Waals surface area contributed by atoms with Crippen LogP contribution < -0.4 is 5.32 Å². The van der Waals surface area contributed by atoms with Gasteiger partial charge in [-0.15, -0.1) is 0 Å². The fourth-order valence-electron chi connectivity index (χ4n) is 3.47. The fraction of sp³-hybridized carbons (Fsp3) is 0.667. The van der Waals surface area contributed by atoms with Crippen LogP contribution in [0.5, 0.6) is 0 Å². The van der Waals surface area contributed by atoms with Crippen LogP contribution in [0.3, 0.4) is 0 Å². The number of aryl methyl sites for hydroxylation is 2. The second-order valence-electron chi connectivity index (χ2n) is 6.70. The molecule has 1 N–H and O–H groups in total. The van der Waals surface area contributed by atoms with Gasteiger partial charge in [0.15, 0.2) is 0 Å². The lowest BCUT2D eigenvalue weighted by Crippen LogP contribution is -2.29. The zero-order valence-corrected chi connectivity index (χ0v) is 12.4. The molecule has 19 heavy (non-hydrogen) atoms. The molecule has 0 spiro atoms. The van der Waals surface area contributed by atoms with Crippen LogP contribution in [0.25, 0.3) is 0 Å².